The Morgan fingerprint density at radius 1 is 1.44 bits per heavy atom. The molecule has 0 heterocycles. The van der Waals surface area contributed by atoms with E-state index in [-0.39, 0.29) is 6.10 Å². The highest BCUT2D eigenvalue weighted by molar-refractivity contribution is 9.10. The normalized spacial score (nSPS) is 19.8. The van der Waals surface area contributed by atoms with Crippen LogP contribution in [-0.4, -0.2) is 33.5 Å². The van der Waals surface area contributed by atoms with Crippen molar-refractivity contribution in [2.24, 2.45) is 0 Å². The Bertz CT molecular complexity index is 397. The van der Waals surface area contributed by atoms with E-state index in [1.165, 1.54) is 11.1 Å². The van der Waals surface area contributed by atoms with Crippen molar-refractivity contribution < 1.29 is 9.47 Å². The minimum Gasteiger partial charge on any atom is -0.382 e. The van der Waals surface area contributed by atoms with Gasteiger partial charge in [0.1, 0.15) is 0 Å². The Morgan fingerprint density at radius 3 is 3.00 bits per heavy atom. The SMILES string of the molecule is COCC(CNC1CCc2cc(Br)ccc21)OC. The first-order chi connectivity index (χ1) is 8.74. The smallest absolute Gasteiger partial charge is 0.0928 e. The van der Waals surface area contributed by atoms with Gasteiger partial charge in [-0.2, -0.15) is 0 Å². The third-order valence-corrected chi connectivity index (χ3v) is 3.95. The number of ether oxygens (including phenoxy) is 2. The van der Waals surface area contributed by atoms with Gasteiger partial charge < -0.3 is 14.8 Å². The molecule has 0 aliphatic heterocycles. The maximum absolute atomic E-state index is 5.36. The average molecular weight is 314 g/mol. The molecule has 2 atom stereocenters. The number of methoxy groups -OCH3 is 2. The minimum atomic E-state index is 0.120. The van der Waals surface area contributed by atoms with Crippen molar-refractivity contribution in [1.82, 2.24) is 5.32 Å². The van der Waals surface area contributed by atoms with Crippen molar-refractivity contribution in [2.75, 3.05) is 27.4 Å². The molecule has 0 radical (unpaired) electrons. The van der Waals surface area contributed by atoms with E-state index in [0.717, 1.165) is 23.9 Å². The van der Waals surface area contributed by atoms with Crippen LogP contribution in [0.3, 0.4) is 0 Å². The lowest BCUT2D eigenvalue weighted by Gasteiger charge is -2.19. The maximum atomic E-state index is 5.36. The zero-order chi connectivity index (χ0) is 13.0. The second-order valence-corrected chi connectivity index (χ2v) is 5.57. The van der Waals surface area contributed by atoms with Gasteiger partial charge >= 0.3 is 0 Å². The van der Waals surface area contributed by atoms with Crippen molar-refractivity contribution in [3.63, 3.8) is 0 Å². The highest BCUT2D eigenvalue weighted by Crippen LogP contribution is 2.32. The first kappa shape index (κ1) is 14.0. The van der Waals surface area contributed by atoms with Gasteiger partial charge in [-0.1, -0.05) is 22.0 Å². The molecule has 1 aromatic carbocycles. The molecule has 2 rings (SSSR count). The Hall–Kier alpha value is -0.420. The molecule has 2 unspecified atom stereocenters. The Labute approximate surface area is 117 Å². The van der Waals surface area contributed by atoms with Crippen LogP contribution < -0.4 is 5.32 Å². The van der Waals surface area contributed by atoms with Crippen LogP contribution in [0.4, 0.5) is 0 Å². The van der Waals surface area contributed by atoms with Crippen LogP contribution in [0.2, 0.25) is 0 Å². The van der Waals surface area contributed by atoms with Gasteiger partial charge in [-0.05, 0) is 36.1 Å². The maximum Gasteiger partial charge on any atom is 0.0928 e. The molecule has 1 aromatic rings. The second-order valence-electron chi connectivity index (χ2n) is 4.66. The van der Waals surface area contributed by atoms with Gasteiger partial charge in [-0.3, -0.25) is 0 Å². The standard InChI is InChI=1S/C14H20BrNO2/c1-17-9-12(18-2)8-16-14-6-3-10-7-11(15)4-5-13(10)14/h4-5,7,12,14,16H,3,6,8-9H2,1-2H3. The molecule has 0 saturated heterocycles. The van der Waals surface area contributed by atoms with E-state index in [9.17, 15) is 0 Å². The summed E-state index contributed by atoms with van der Waals surface area (Å²) in [5.41, 5.74) is 2.87. The molecule has 0 saturated carbocycles. The minimum absolute atomic E-state index is 0.120. The summed E-state index contributed by atoms with van der Waals surface area (Å²) in [6.07, 6.45) is 2.43. The Morgan fingerprint density at radius 2 is 2.28 bits per heavy atom. The van der Waals surface area contributed by atoms with E-state index < -0.39 is 0 Å². The van der Waals surface area contributed by atoms with E-state index in [4.69, 9.17) is 9.47 Å². The number of fused-ring (bicyclic) bond motifs is 1. The number of rotatable bonds is 6. The summed E-state index contributed by atoms with van der Waals surface area (Å²) in [6.45, 7) is 1.45. The molecular weight excluding hydrogens is 294 g/mol. The van der Waals surface area contributed by atoms with E-state index in [1.807, 2.05) is 0 Å². The molecular formula is C14H20BrNO2. The molecule has 0 fully saturated rings. The fraction of sp³-hybridized carbons (Fsp3) is 0.571. The van der Waals surface area contributed by atoms with Crippen LogP contribution in [0.5, 0.6) is 0 Å². The average Bonchev–Trinajstić information content (AvgIpc) is 2.76. The van der Waals surface area contributed by atoms with Crippen molar-refractivity contribution >= 4 is 15.9 Å². The van der Waals surface area contributed by atoms with Gasteiger partial charge in [0.2, 0.25) is 0 Å². The van der Waals surface area contributed by atoms with Crippen LogP contribution in [0.15, 0.2) is 22.7 Å². The first-order valence-corrected chi connectivity index (χ1v) is 7.07. The van der Waals surface area contributed by atoms with Gasteiger partial charge in [-0.15, -0.1) is 0 Å². The quantitative estimate of drug-likeness (QED) is 0.876. The summed E-state index contributed by atoms with van der Waals surface area (Å²) in [6, 6.07) is 6.99. The molecule has 1 N–H and O–H groups in total. The summed E-state index contributed by atoms with van der Waals surface area (Å²) in [7, 11) is 3.43. The molecule has 0 bridgehead atoms. The van der Waals surface area contributed by atoms with Crippen molar-refractivity contribution in [2.45, 2.75) is 25.0 Å². The summed E-state index contributed by atoms with van der Waals surface area (Å²) in [4.78, 5) is 0. The fourth-order valence-electron chi connectivity index (χ4n) is 2.47. The highest BCUT2D eigenvalue weighted by Gasteiger charge is 2.22. The topological polar surface area (TPSA) is 30.5 Å². The Kier molecular flexibility index (Phi) is 5.18. The molecule has 0 spiro atoms. The van der Waals surface area contributed by atoms with Gasteiger partial charge in [-0.25, -0.2) is 0 Å². The van der Waals surface area contributed by atoms with E-state index >= 15 is 0 Å². The largest absolute Gasteiger partial charge is 0.382 e. The number of benzene rings is 1. The van der Waals surface area contributed by atoms with Crippen LogP contribution in [-0.2, 0) is 15.9 Å². The van der Waals surface area contributed by atoms with Gasteiger partial charge in [0.05, 0.1) is 12.7 Å². The first-order valence-electron chi connectivity index (χ1n) is 6.28. The molecule has 1 aliphatic rings. The molecule has 18 heavy (non-hydrogen) atoms. The van der Waals surface area contributed by atoms with E-state index in [1.54, 1.807) is 14.2 Å². The molecule has 4 heteroatoms. The molecule has 0 aromatic heterocycles. The van der Waals surface area contributed by atoms with Gasteiger partial charge in [0.15, 0.2) is 0 Å². The van der Waals surface area contributed by atoms with Crippen molar-refractivity contribution in [3.05, 3.63) is 33.8 Å². The fourth-order valence-corrected chi connectivity index (χ4v) is 2.88. The summed E-state index contributed by atoms with van der Waals surface area (Å²) in [5, 5.41) is 3.57. The molecule has 0 amide bonds. The lowest BCUT2D eigenvalue weighted by atomic mass is 10.1. The zero-order valence-corrected chi connectivity index (χ0v) is 12.5. The lowest BCUT2D eigenvalue weighted by Crippen LogP contribution is -2.33. The monoisotopic (exact) mass is 313 g/mol. The predicted octanol–water partition coefficient (Wildman–Crippen LogP) is 2.69. The summed E-state index contributed by atoms with van der Waals surface area (Å²) in [5.74, 6) is 0. The number of nitrogens with one attached hydrogen (secondary N) is 1. The van der Waals surface area contributed by atoms with Crippen molar-refractivity contribution in [3.8, 4) is 0 Å². The van der Waals surface area contributed by atoms with Crippen LogP contribution in [0, 0.1) is 0 Å². The second kappa shape index (κ2) is 6.66. The third kappa shape index (κ3) is 3.32. The predicted molar refractivity (Wildman–Crippen MR) is 75.9 cm³/mol. The zero-order valence-electron chi connectivity index (χ0n) is 10.9. The van der Waals surface area contributed by atoms with E-state index in [0.29, 0.717) is 12.6 Å². The van der Waals surface area contributed by atoms with Crippen LogP contribution in [0.25, 0.3) is 0 Å². The third-order valence-electron chi connectivity index (χ3n) is 3.46. The number of hydrogen-bond donors (Lipinski definition) is 1. The lowest BCUT2D eigenvalue weighted by molar-refractivity contribution is 0.0273. The van der Waals surface area contributed by atoms with Gasteiger partial charge in [0.25, 0.3) is 0 Å². The Balaban J connectivity index is 1.93. The number of hydrogen-bond acceptors (Lipinski definition) is 3. The van der Waals surface area contributed by atoms with E-state index in [2.05, 4.69) is 39.4 Å². The number of aryl methyl sites for hydroxylation is 1. The van der Waals surface area contributed by atoms with Crippen molar-refractivity contribution in [1.29, 1.82) is 0 Å². The summed E-state index contributed by atoms with van der Waals surface area (Å²) < 4.78 is 11.6. The molecule has 100 valence electrons. The molecule has 1 aliphatic carbocycles. The van der Waals surface area contributed by atoms with Crippen LogP contribution >= 0.6 is 15.9 Å². The van der Waals surface area contributed by atoms with Gasteiger partial charge in [0, 0.05) is 31.3 Å². The summed E-state index contributed by atoms with van der Waals surface area (Å²) >= 11 is 3.52. The number of halogens is 1. The van der Waals surface area contributed by atoms with Crippen LogP contribution in [0.1, 0.15) is 23.6 Å². The molecule has 3 nitrogen and oxygen atoms in total. The highest BCUT2D eigenvalue weighted by atomic mass is 79.9.